The van der Waals surface area contributed by atoms with Gasteiger partial charge in [-0.25, -0.2) is 4.39 Å². The van der Waals surface area contributed by atoms with Crippen LogP contribution in [0, 0.1) is 11.7 Å². The highest BCUT2D eigenvalue weighted by Gasteiger charge is 2.16. The smallest absolute Gasteiger partial charge is 0.126 e. The minimum Gasteiger partial charge on any atom is -0.316 e. The van der Waals surface area contributed by atoms with Crippen LogP contribution in [0.25, 0.3) is 0 Å². The minimum atomic E-state index is -0.0604. The molecule has 1 saturated heterocycles. The summed E-state index contributed by atoms with van der Waals surface area (Å²) in [4.78, 5) is 0. The SMILES string of the molecule is Fc1ccccc1CCC1CNC1. The maximum atomic E-state index is 13.1. The summed E-state index contributed by atoms with van der Waals surface area (Å²) in [5.41, 5.74) is 0.856. The summed E-state index contributed by atoms with van der Waals surface area (Å²) < 4.78 is 13.1. The summed E-state index contributed by atoms with van der Waals surface area (Å²) >= 11 is 0. The average molecular weight is 179 g/mol. The molecule has 1 nitrogen and oxygen atoms in total. The Morgan fingerprint density at radius 3 is 2.69 bits per heavy atom. The van der Waals surface area contributed by atoms with Crippen LogP contribution in [0.3, 0.4) is 0 Å². The van der Waals surface area contributed by atoms with Crippen LogP contribution in [-0.2, 0) is 6.42 Å². The van der Waals surface area contributed by atoms with Crippen molar-refractivity contribution >= 4 is 0 Å². The first-order valence-electron chi connectivity index (χ1n) is 4.80. The lowest BCUT2D eigenvalue weighted by Crippen LogP contribution is -2.42. The van der Waals surface area contributed by atoms with Crippen LogP contribution in [0.5, 0.6) is 0 Å². The van der Waals surface area contributed by atoms with Gasteiger partial charge in [0.05, 0.1) is 0 Å². The van der Waals surface area contributed by atoms with E-state index in [1.165, 1.54) is 6.07 Å². The highest BCUT2D eigenvalue weighted by atomic mass is 19.1. The normalized spacial score (nSPS) is 17.0. The van der Waals surface area contributed by atoms with Crippen molar-refractivity contribution < 1.29 is 4.39 Å². The van der Waals surface area contributed by atoms with E-state index < -0.39 is 0 Å². The zero-order valence-corrected chi connectivity index (χ0v) is 7.59. The summed E-state index contributed by atoms with van der Waals surface area (Å²) in [6.07, 6.45) is 1.98. The number of rotatable bonds is 3. The molecule has 1 aromatic rings. The van der Waals surface area contributed by atoms with E-state index in [1.54, 1.807) is 6.07 Å². The van der Waals surface area contributed by atoms with Gasteiger partial charge in [-0.05, 0) is 43.5 Å². The number of halogens is 1. The molecule has 0 atom stereocenters. The molecular weight excluding hydrogens is 165 g/mol. The molecule has 1 heterocycles. The van der Waals surface area contributed by atoms with Crippen LogP contribution < -0.4 is 5.32 Å². The van der Waals surface area contributed by atoms with Gasteiger partial charge in [0.25, 0.3) is 0 Å². The van der Waals surface area contributed by atoms with E-state index in [2.05, 4.69) is 5.32 Å². The van der Waals surface area contributed by atoms with E-state index in [-0.39, 0.29) is 5.82 Å². The fraction of sp³-hybridized carbons (Fsp3) is 0.455. The maximum absolute atomic E-state index is 13.1. The summed E-state index contributed by atoms with van der Waals surface area (Å²) in [6, 6.07) is 7.05. The van der Waals surface area contributed by atoms with E-state index in [1.807, 2.05) is 12.1 Å². The third kappa shape index (κ3) is 2.07. The summed E-state index contributed by atoms with van der Waals surface area (Å²) in [6.45, 7) is 2.21. The van der Waals surface area contributed by atoms with Gasteiger partial charge >= 0.3 is 0 Å². The van der Waals surface area contributed by atoms with Crippen molar-refractivity contribution in [1.82, 2.24) is 5.32 Å². The van der Waals surface area contributed by atoms with Gasteiger partial charge in [-0.15, -0.1) is 0 Å². The van der Waals surface area contributed by atoms with E-state index in [9.17, 15) is 4.39 Å². The minimum absolute atomic E-state index is 0.0604. The molecule has 0 aliphatic carbocycles. The topological polar surface area (TPSA) is 12.0 Å². The number of benzene rings is 1. The van der Waals surface area contributed by atoms with Crippen molar-refractivity contribution in [3.8, 4) is 0 Å². The van der Waals surface area contributed by atoms with E-state index in [0.29, 0.717) is 0 Å². The summed E-state index contributed by atoms with van der Waals surface area (Å²) in [5.74, 6) is 0.703. The average Bonchev–Trinajstić information content (AvgIpc) is 2.05. The lowest BCUT2D eigenvalue weighted by molar-refractivity contribution is 0.326. The molecule has 1 aliphatic heterocycles. The Hall–Kier alpha value is -0.890. The molecule has 1 aliphatic rings. The second kappa shape index (κ2) is 3.88. The van der Waals surface area contributed by atoms with Crippen molar-refractivity contribution in [1.29, 1.82) is 0 Å². The van der Waals surface area contributed by atoms with Gasteiger partial charge in [-0.1, -0.05) is 18.2 Å². The fourth-order valence-corrected chi connectivity index (χ4v) is 1.61. The molecule has 2 rings (SSSR count). The molecule has 1 aromatic carbocycles. The first kappa shape index (κ1) is 8.70. The molecule has 13 heavy (non-hydrogen) atoms. The van der Waals surface area contributed by atoms with Gasteiger partial charge < -0.3 is 5.32 Å². The molecule has 1 N–H and O–H groups in total. The predicted molar refractivity (Wildman–Crippen MR) is 51.1 cm³/mol. The molecule has 0 spiro atoms. The second-order valence-corrected chi connectivity index (χ2v) is 3.65. The van der Waals surface area contributed by atoms with Gasteiger partial charge in [0.15, 0.2) is 0 Å². The van der Waals surface area contributed by atoms with Gasteiger partial charge in [0.2, 0.25) is 0 Å². The highest BCUT2D eigenvalue weighted by Crippen LogP contribution is 2.15. The van der Waals surface area contributed by atoms with Crippen LogP contribution >= 0.6 is 0 Å². The van der Waals surface area contributed by atoms with Crippen LogP contribution in [-0.4, -0.2) is 13.1 Å². The molecule has 0 radical (unpaired) electrons. The molecule has 0 aromatic heterocycles. The summed E-state index contributed by atoms with van der Waals surface area (Å²) in [5, 5.41) is 3.22. The van der Waals surface area contributed by atoms with Crippen molar-refractivity contribution in [2.24, 2.45) is 5.92 Å². The first-order valence-corrected chi connectivity index (χ1v) is 4.80. The van der Waals surface area contributed by atoms with Gasteiger partial charge in [0, 0.05) is 0 Å². The maximum Gasteiger partial charge on any atom is 0.126 e. The predicted octanol–water partition coefficient (Wildman–Crippen LogP) is 1.98. The Balaban J connectivity index is 1.89. The molecule has 1 fully saturated rings. The third-order valence-electron chi connectivity index (χ3n) is 2.65. The largest absolute Gasteiger partial charge is 0.316 e. The van der Waals surface area contributed by atoms with E-state index in [4.69, 9.17) is 0 Å². The van der Waals surface area contributed by atoms with Crippen molar-refractivity contribution in [2.75, 3.05) is 13.1 Å². The van der Waals surface area contributed by atoms with Crippen molar-refractivity contribution in [3.63, 3.8) is 0 Å². The van der Waals surface area contributed by atoms with Crippen molar-refractivity contribution in [2.45, 2.75) is 12.8 Å². The number of nitrogens with one attached hydrogen (secondary N) is 1. The summed E-state index contributed by atoms with van der Waals surface area (Å²) in [7, 11) is 0. The Morgan fingerprint density at radius 2 is 2.08 bits per heavy atom. The van der Waals surface area contributed by atoms with Gasteiger partial charge in [-0.2, -0.15) is 0 Å². The molecule has 70 valence electrons. The lowest BCUT2D eigenvalue weighted by atomic mass is 9.95. The van der Waals surface area contributed by atoms with E-state index >= 15 is 0 Å². The first-order chi connectivity index (χ1) is 6.36. The van der Waals surface area contributed by atoms with E-state index in [0.717, 1.165) is 37.4 Å². The lowest BCUT2D eigenvalue weighted by Gasteiger charge is -2.26. The van der Waals surface area contributed by atoms with Crippen LogP contribution in [0.2, 0.25) is 0 Å². The molecule has 0 bridgehead atoms. The van der Waals surface area contributed by atoms with Crippen molar-refractivity contribution in [3.05, 3.63) is 35.6 Å². The monoisotopic (exact) mass is 179 g/mol. The quantitative estimate of drug-likeness (QED) is 0.748. The Labute approximate surface area is 78.0 Å². The third-order valence-corrected chi connectivity index (χ3v) is 2.65. The highest BCUT2D eigenvalue weighted by molar-refractivity contribution is 5.17. The second-order valence-electron chi connectivity index (χ2n) is 3.65. The molecule has 0 amide bonds. The molecular formula is C11H14FN. The number of hydrogen-bond donors (Lipinski definition) is 1. The van der Waals surface area contributed by atoms with Crippen LogP contribution in [0.1, 0.15) is 12.0 Å². The molecule has 0 saturated carbocycles. The number of hydrogen-bond acceptors (Lipinski definition) is 1. The Morgan fingerprint density at radius 1 is 1.31 bits per heavy atom. The Kier molecular flexibility index (Phi) is 2.60. The standard InChI is InChI=1S/C11H14FN/c12-11-4-2-1-3-10(11)6-5-9-7-13-8-9/h1-4,9,13H,5-8H2. The Bertz CT molecular complexity index is 281. The number of aryl methyl sites for hydroxylation is 1. The molecule has 2 heteroatoms. The van der Waals surface area contributed by atoms with Gasteiger partial charge in [0.1, 0.15) is 5.82 Å². The molecule has 0 unspecified atom stereocenters. The van der Waals surface area contributed by atoms with Gasteiger partial charge in [-0.3, -0.25) is 0 Å². The van der Waals surface area contributed by atoms with Crippen LogP contribution in [0.15, 0.2) is 24.3 Å². The zero-order chi connectivity index (χ0) is 9.10. The fourth-order valence-electron chi connectivity index (χ4n) is 1.61. The van der Waals surface area contributed by atoms with Crippen LogP contribution in [0.4, 0.5) is 4.39 Å². The zero-order valence-electron chi connectivity index (χ0n) is 7.59.